The average Bonchev–Trinajstić information content (AvgIpc) is 3.18. The van der Waals surface area contributed by atoms with Crippen LogP contribution in [0.15, 0.2) is 48.5 Å². The molecular weight excluding hydrogens is 387 g/mol. The Kier molecular flexibility index (Phi) is 7.06. The summed E-state index contributed by atoms with van der Waals surface area (Å²) < 4.78 is 13.2. The van der Waals surface area contributed by atoms with Crippen LogP contribution in [0.1, 0.15) is 51.4 Å². The van der Waals surface area contributed by atoms with Crippen LogP contribution in [0, 0.1) is 18.7 Å². The number of halogens is 1. The molecule has 1 amide bonds. The third-order valence-electron chi connectivity index (χ3n) is 4.60. The maximum absolute atomic E-state index is 13.2. The predicted molar refractivity (Wildman–Crippen MR) is 113 cm³/mol. The van der Waals surface area contributed by atoms with Crippen molar-refractivity contribution in [1.29, 1.82) is 0 Å². The summed E-state index contributed by atoms with van der Waals surface area (Å²) >= 11 is 1.27. The van der Waals surface area contributed by atoms with Gasteiger partial charge in [0.1, 0.15) is 10.8 Å². The summed E-state index contributed by atoms with van der Waals surface area (Å²) in [5, 5.41) is 15.5. The molecule has 0 spiro atoms. The van der Waals surface area contributed by atoms with Crippen LogP contribution in [0.25, 0.3) is 0 Å². The standard InChI is InChI=1S/C22H25FN4OS/c1-14(2)20(17-8-10-18(23)11-9-17)24-13-19-26-27-22(29-19)21(28)25-12-16-6-4-15(3)5-7-16/h4-11,14,20,24H,12-13H2,1-3H3,(H,25,28). The largest absolute Gasteiger partial charge is 0.346 e. The zero-order valence-electron chi connectivity index (χ0n) is 16.8. The summed E-state index contributed by atoms with van der Waals surface area (Å²) in [6.45, 7) is 7.17. The van der Waals surface area contributed by atoms with Crippen LogP contribution in [0.4, 0.5) is 4.39 Å². The number of carbonyl (C=O) groups is 1. The molecule has 7 heteroatoms. The van der Waals surface area contributed by atoms with Crippen molar-refractivity contribution >= 4 is 17.2 Å². The zero-order valence-corrected chi connectivity index (χ0v) is 17.6. The Hall–Kier alpha value is -2.64. The molecule has 0 bridgehead atoms. The van der Waals surface area contributed by atoms with Gasteiger partial charge in [-0.2, -0.15) is 0 Å². The minimum atomic E-state index is -0.248. The first-order chi connectivity index (χ1) is 13.9. The molecule has 29 heavy (non-hydrogen) atoms. The highest BCUT2D eigenvalue weighted by Crippen LogP contribution is 2.23. The van der Waals surface area contributed by atoms with Crippen LogP contribution in [-0.2, 0) is 13.1 Å². The summed E-state index contributed by atoms with van der Waals surface area (Å²) in [5.41, 5.74) is 3.23. The number of benzene rings is 2. The maximum Gasteiger partial charge on any atom is 0.282 e. The van der Waals surface area contributed by atoms with Crippen molar-refractivity contribution in [2.45, 2.75) is 39.9 Å². The lowest BCUT2D eigenvalue weighted by Gasteiger charge is -2.22. The Morgan fingerprint density at radius 1 is 1.03 bits per heavy atom. The average molecular weight is 413 g/mol. The minimum Gasteiger partial charge on any atom is -0.346 e. The molecule has 0 saturated carbocycles. The second-order valence-corrected chi connectivity index (χ2v) is 8.39. The zero-order chi connectivity index (χ0) is 20.8. The molecule has 1 heterocycles. The summed E-state index contributed by atoms with van der Waals surface area (Å²) in [4.78, 5) is 12.3. The van der Waals surface area contributed by atoms with Crippen molar-refractivity contribution < 1.29 is 9.18 Å². The van der Waals surface area contributed by atoms with Crippen LogP contribution >= 0.6 is 11.3 Å². The smallest absolute Gasteiger partial charge is 0.282 e. The molecule has 0 fully saturated rings. The van der Waals surface area contributed by atoms with Gasteiger partial charge in [-0.25, -0.2) is 4.39 Å². The molecule has 152 valence electrons. The number of nitrogens with one attached hydrogen (secondary N) is 2. The SMILES string of the molecule is Cc1ccc(CNC(=O)c2nnc(CNC(c3ccc(F)cc3)C(C)C)s2)cc1. The summed E-state index contributed by atoms with van der Waals surface area (Å²) in [7, 11) is 0. The molecule has 1 atom stereocenters. The van der Waals surface area contributed by atoms with Gasteiger partial charge in [-0.15, -0.1) is 10.2 Å². The van der Waals surface area contributed by atoms with Gasteiger partial charge in [0.2, 0.25) is 5.01 Å². The molecule has 0 saturated heterocycles. The monoisotopic (exact) mass is 412 g/mol. The van der Waals surface area contributed by atoms with Crippen molar-refractivity contribution in [3.63, 3.8) is 0 Å². The molecule has 2 aromatic carbocycles. The molecule has 0 aliphatic rings. The number of rotatable bonds is 8. The van der Waals surface area contributed by atoms with Gasteiger partial charge < -0.3 is 10.6 Å². The fourth-order valence-corrected chi connectivity index (χ4v) is 3.69. The van der Waals surface area contributed by atoms with Crippen LogP contribution in [0.5, 0.6) is 0 Å². The molecule has 5 nitrogen and oxygen atoms in total. The molecule has 0 radical (unpaired) electrons. The van der Waals surface area contributed by atoms with E-state index in [9.17, 15) is 9.18 Å². The molecule has 0 aliphatic carbocycles. The number of carbonyl (C=O) groups excluding carboxylic acids is 1. The normalized spacial score (nSPS) is 12.2. The first-order valence-corrected chi connectivity index (χ1v) is 10.4. The van der Waals surface area contributed by atoms with Gasteiger partial charge in [-0.1, -0.05) is 67.1 Å². The number of aryl methyl sites for hydroxylation is 1. The molecule has 1 aromatic heterocycles. The van der Waals surface area contributed by atoms with Crippen molar-refractivity contribution in [2.24, 2.45) is 5.92 Å². The fraction of sp³-hybridized carbons (Fsp3) is 0.318. The van der Waals surface area contributed by atoms with Crippen LogP contribution in [0.3, 0.4) is 0 Å². The number of hydrogen-bond donors (Lipinski definition) is 2. The van der Waals surface area contributed by atoms with Gasteiger partial charge in [0.25, 0.3) is 5.91 Å². The number of hydrogen-bond acceptors (Lipinski definition) is 5. The Morgan fingerprint density at radius 2 is 1.72 bits per heavy atom. The lowest BCUT2D eigenvalue weighted by molar-refractivity contribution is 0.0950. The number of amides is 1. The van der Waals surface area contributed by atoms with Crippen LogP contribution in [-0.4, -0.2) is 16.1 Å². The van der Waals surface area contributed by atoms with Crippen molar-refractivity contribution in [3.05, 3.63) is 81.1 Å². The quantitative estimate of drug-likeness (QED) is 0.575. The highest BCUT2D eigenvalue weighted by atomic mass is 32.1. The van der Waals surface area contributed by atoms with Gasteiger partial charge in [0.15, 0.2) is 0 Å². The van der Waals surface area contributed by atoms with Crippen molar-refractivity contribution in [3.8, 4) is 0 Å². The highest BCUT2D eigenvalue weighted by Gasteiger charge is 2.17. The second-order valence-electron chi connectivity index (χ2n) is 7.32. The van der Waals surface area contributed by atoms with Gasteiger partial charge in [-0.05, 0) is 36.1 Å². The summed E-state index contributed by atoms with van der Waals surface area (Å²) in [5.74, 6) is -0.166. The summed E-state index contributed by atoms with van der Waals surface area (Å²) in [6, 6.07) is 14.6. The molecule has 3 aromatic rings. The van der Waals surface area contributed by atoms with E-state index < -0.39 is 0 Å². The minimum absolute atomic E-state index is 0.0540. The highest BCUT2D eigenvalue weighted by molar-refractivity contribution is 7.13. The Balaban J connectivity index is 1.56. The van der Waals surface area contributed by atoms with E-state index in [0.717, 1.165) is 16.1 Å². The van der Waals surface area contributed by atoms with Crippen LogP contribution in [0.2, 0.25) is 0 Å². The lowest BCUT2D eigenvalue weighted by atomic mass is 9.96. The van der Waals surface area contributed by atoms with Crippen molar-refractivity contribution in [2.75, 3.05) is 0 Å². The van der Waals surface area contributed by atoms with Gasteiger partial charge in [0.05, 0.1) is 6.54 Å². The summed E-state index contributed by atoms with van der Waals surface area (Å²) in [6.07, 6.45) is 0. The molecule has 3 rings (SSSR count). The van der Waals surface area contributed by atoms with Crippen LogP contribution < -0.4 is 10.6 Å². The first kappa shape index (κ1) is 21.1. The molecular formula is C22H25FN4OS. The third-order valence-corrected chi connectivity index (χ3v) is 5.53. The van der Waals surface area contributed by atoms with Gasteiger partial charge in [0, 0.05) is 12.6 Å². The maximum atomic E-state index is 13.2. The first-order valence-electron chi connectivity index (χ1n) is 9.57. The topological polar surface area (TPSA) is 66.9 Å². The molecule has 2 N–H and O–H groups in total. The van der Waals surface area contributed by atoms with Gasteiger partial charge >= 0.3 is 0 Å². The van der Waals surface area contributed by atoms with Crippen molar-refractivity contribution in [1.82, 2.24) is 20.8 Å². The van der Waals surface area contributed by atoms with E-state index in [2.05, 4.69) is 34.7 Å². The van der Waals surface area contributed by atoms with E-state index in [4.69, 9.17) is 0 Å². The van der Waals surface area contributed by atoms with E-state index in [0.29, 0.717) is 24.0 Å². The Morgan fingerprint density at radius 3 is 2.38 bits per heavy atom. The third kappa shape index (κ3) is 5.92. The number of nitrogens with zero attached hydrogens (tertiary/aromatic N) is 2. The Bertz CT molecular complexity index is 938. The van der Waals surface area contributed by atoms with E-state index >= 15 is 0 Å². The predicted octanol–water partition coefficient (Wildman–Crippen LogP) is 4.40. The van der Waals surface area contributed by atoms with Gasteiger partial charge in [-0.3, -0.25) is 4.79 Å². The van der Waals surface area contributed by atoms with E-state index in [1.807, 2.05) is 31.2 Å². The Labute approximate surface area is 174 Å². The van der Waals surface area contributed by atoms with E-state index in [1.54, 1.807) is 12.1 Å². The van der Waals surface area contributed by atoms with E-state index in [-0.39, 0.29) is 17.8 Å². The number of aromatic nitrogens is 2. The second kappa shape index (κ2) is 9.71. The lowest BCUT2D eigenvalue weighted by Crippen LogP contribution is -2.25. The van der Waals surface area contributed by atoms with E-state index in [1.165, 1.54) is 29.0 Å². The fourth-order valence-electron chi connectivity index (χ4n) is 2.99. The molecule has 0 aliphatic heterocycles. The molecule has 1 unspecified atom stereocenters.